The zero-order valence-electron chi connectivity index (χ0n) is 11.0. The van der Waals surface area contributed by atoms with Crippen molar-refractivity contribution in [3.63, 3.8) is 0 Å². The van der Waals surface area contributed by atoms with E-state index in [1.165, 1.54) is 11.1 Å². The predicted octanol–water partition coefficient (Wildman–Crippen LogP) is 2.28. The van der Waals surface area contributed by atoms with Crippen molar-refractivity contribution < 1.29 is 0 Å². The highest BCUT2D eigenvalue weighted by atomic mass is 15.3. The van der Waals surface area contributed by atoms with Gasteiger partial charge in [0.05, 0.1) is 0 Å². The van der Waals surface area contributed by atoms with E-state index in [0.29, 0.717) is 5.82 Å². The average Bonchev–Trinajstić information content (AvgIpc) is 2.33. The van der Waals surface area contributed by atoms with Crippen LogP contribution in [-0.2, 0) is 6.42 Å². The van der Waals surface area contributed by atoms with Crippen LogP contribution in [0.15, 0.2) is 24.3 Å². The molecule has 0 fully saturated rings. The highest BCUT2D eigenvalue weighted by Gasteiger charge is 2.07. The summed E-state index contributed by atoms with van der Waals surface area (Å²) in [6.07, 6.45) is 0.720. The summed E-state index contributed by atoms with van der Waals surface area (Å²) < 4.78 is 0. The molecular formula is C14H18N4. The Kier molecular flexibility index (Phi) is 3.58. The van der Waals surface area contributed by atoms with Crippen molar-refractivity contribution in [2.75, 3.05) is 5.43 Å². The van der Waals surface area contributed by atoms with Crippen molar-refractivity contribution in [1.29, 1.82) is 0 Å². The molecule has 1 aromatic carbocycles. The van der Waals surface area contributed by atoms with Crippen molar-refractivity contribution in [2.45, 2.75) is 27.2 Å². The lowest BCUT2D eigenvalue weighted by Gasteiger charge is -2.09. The molecule has 94 valence electrons. The maximum Gasteiger partial charge on any atom is 0.146 e. The number of anilines is 1. The maximum absolute atomic E-state index is 5.47. The number of rotatable bonds is 3. The number of nitrogens with one attached hydrogen (secondary N) is 1. The summed E-state index contributed by atoms with van der Waals surface area (Å²) >= 11 is 0. The van der Waals surface area contributed by atoms with Gasteiger partial charge in [0.25, 0.3) is 0 Å². The minimum atomic E-state index is 0.699. The molecule has 0 saturated carbocycles. The van der Waals surface area contributed by atoms with Gasteiger partial charge in [0.2, 0.25) is 0 Å². The lowest BCUT2D eigenvalue weighted by molar-refractivity contribution is 0.924. The van der Waals surface area contributed by atoms with E-state index in [1.54, 1.807) is 0 Å². The first-order valence-electron chi connectivity index (χ1n) is 5.96. The molecule has 0 bridgehead atoms. The molecule has 3 N–H and O–H groups in total. The lowest BCUT2D eigenvalue weighted by Crippen LogP contribution is -2.13. The molecule has 0 atom stereocenters. The van der Waals surface area contributed by atoms with E-state index < -0.39 is 0 Å². The number of hydrogen-bond acceptors (Lipinski definition) is 4. The van der Waals surface area contributed by atoms with Crippen LogP contribution >= 0.6 is 0 Å². The third kappa shape index (κ3) is 2.65. The number of aryl methyl sites for hydroxylation is 2. The molecule has 1 aromatic heterocycles. The molecule has 4 nitrogen and oxygen atoms in total. The fraction of sp³-hybridized carbons (Fsp3) is 0.286. The zero-order chi connectivity index (χ0) is 13.1. The number of benzene rings is 1. The molecule has 0 unspecified atom stereocenters. The van der Waals surface area contributed by atoms with Crippen LogP contribution in [0.4, 0.5) is 5.82 Å². The second-order valence-corrected chi connectivity index (χ2v) is 4.51. The van der Waals surface area contributed by atoms with Crippen LogP contribution in [0, 0.1) is 20.8 Å². The third-order valence-corrected chi connectivity index (χ3v) is 3.02. The molecule has 0 saturated heterocycles. The Bertz CT molecular complexity index is 564. The van der Waals surface area contributed by atoms with Gasteiger partial charge >= 0.3 is 0 Å². The van der Waals surface area contributed by atoms with Crippen molar-refractivity contribution >= 4 is 5.82 Å². The van der Waals surface area contributed by atoms with Crippen LogP contribution in [0.5, 0.6) is 0 Å². The van der Waals surface area contributed by atoms with Crippen LogP contribution in [0.25, 0.3) is 0 Å². The Balaban J connectivity index is 2.32. The molecule has 0 aliphatic rings. The number of hydrogen-bond donors (Lipinski definition) is 2. The summed E-state index contributed by atoms with van der Waals surface area (Å²) in [4.78, 5) is 8.93. The van der Waals surface area contributed by atoms with Crippen LogP contribution in [-0.4, -0.2) is 9.97 Å². The number of aromatic nitrogens is 2. The SMILES string of the molecule is Cc1cccc(Cc2nc(C)c(C)c(NN)n2)c1. The standard InChI is InChI=1S/C14H18N4/c1-9-5-4-6-12(7-9)8-13-16-11(3)10(2)14(17-13)18-15/h4-7H,8,15H2,1-3H3,(H,16,17,18). The molecule has 0 radical (unpaired) electrons. The van der Waals surface area contributed by atoms with Crippen molar-refractivity contribution in [3.8, 4) is 0 Å². The largest absolute Gasteiger partial charge is 0.308 e. The topological polar surface area (TPSA) is 63.8 Å². The van der Waals surface area contributed by atoms with Crippen molar-refractivity contribution in [1.82, 2.24) is 9.97 Å². The Morgan fingerprint density at radius 3 is 2.61 bits per heavy atom. The monoisotopic (exact) mass is 242 g/mol. The molecule has 1 heterocycles. The second kappa shape index (κ2) is 5.14. The first-order valence-corrected chi connectivity index (χ1v) is 5.96. The van der Waals surface area contributed by atoms with E-state index in [0.717, 1.165) is 23.5 Å². The van der Waals surface area contributed by atoms with Crippen LogP contribution in [0.1, 0.15) is 28.2 Å². The fourth-order valence-electron chi connectivity index (χ4n) is 1.91. The molecule has 0 aliphatic heterocycles. The minimum Gasteiger partial charge on any atom is -0.308 e. The van der Waals surface area contributed by atoms with Gasteiger partial charge in [-0.15, -0.1) is 0 Å². The molecule has 2 rings (SSSR count). The number of nitrogens with two attached hydrogens (primary N) is 1. The average molecular weight is 242 g/mol. The fourth-order valence-corrected chi connectivity index (χ4v) is 1.91. The molecule has 0 spiro atoms. The first-order chi connectivity index (χ1) is 8.60. The van der Waals surface area contributed by atoms with Gasteiger partial charge in [-0.05, 0) is 26.3 Å². The minimum absolute atomic E-state index is 0.699. The third-order valence-electron chi connectivity index (χ3n) is 3.02. The molecule has 4 heteroatoms. The van der Waals surface area contributed by atoms with Gasteiger partial charge in [-0.3, -0.25) is 0 Å². The number of nitrogen functional groups attached to an aromatic ring is 1. The Labute approximate surface area is 107 Å². The van der Waals surface area contributed by atoms with Crippen molar-refractivity contribution in [3.05, 3.63) is 52.5 Å². The highest BCUT2D eigenvalue weighted by molar-refractivity contribution is 5.44. The zero-order valence-corrected chi connectivity index (χ0v) is 11.0. The smallest absolute Gasteiger partial charge is 0.146 e. The van der Waals surface area contributed by atoms with E-state index in [4.69, 9.17) is 5.84 Å². The normalized spacial score (nSPS) is 10.4. The quantitative estimate of drug-likeness (QED) is 0.640. The Morgan fingerprint density at radius 1 is 1.17 bits per heavy atom. The van der Waals surface area contributed by atoms with Gasteiger partial charge in [0, 0.05) is 17.7 Å². The summed E-state index contributed by atoms with van der Waals surface area (Å²) in [7, 11) is 0. The van der Waals surface area contributed by atoms with E-state index in [9.17, 15) is 0 Å². The maximum atomic E-state index is 5.47. The van der Waals surface area contributed by atoms with Gasteiger partial charge in [-0.1, -0.05) is 29.8 Å². The summed E-state index contributed by atoms with van der Waals surface area (Å²) in [5, 5.41) is 0. The van der Waals surface area contributed by atoms with E-state index >= 15 is 0 Å². The summed E-state index contributed by atoms with van der Waals surface area (Å²) in [5.41, 5.74) is 7.03. The van der Waals surface area contributed by atoms with Gasteiger partial charge in [0.15, 0.2) is 0 Å². The molecular weight excluding hydrogens is 224 g/mol. The van der Waals surface area contributed by atoms with Crippen LogP contribution in [0.2, 0.25) is 0 Å². The van der Waals surface area contributed by atoms with Gasteiger partial charge in [0.1, 0.15) is 11.6 Å². The summed E-state index contributed by atoms with van der Waals surface area (Å²) in [5.74, 6) is 6.95. The van der Waals surface area contributed by atoms with Crippen LogP contribution < -0.4 is 11.3 Å². The number of hydrazine groups is 1. The summed E-state index contributed by atoms with van der Waals surface area (Å²) in [6.45, 7) is 6.01. The van der Waals surface area contributed by atoms with Gasteiger partial charge < -0.3 is 5.43 Å². The first kappa shape index (κ1) is 12.5. The van der Waals surface area contributed by atoms with Gasteiger partial charge in [-0.2, -0.15) is 0 Å². The van der Waals surface area contributed by atoms with E-state index in [-0.39, 0.29) is 0 Å². The second-order valence-electron chi connectivity index (χ2n) is 4.51. The van der Waals surface area contributed by atoms with Crippen molar-refractivity contribution in [2.24, 2.45) is 5.84 Å². The lowest BCUT2D eigenvalue weighted by atomic mass is 10.1. The molecule has 0 aliphatic carbocycles. The highest BCUT2D eigenvalue weighted by Crippen LogP contribution is 2.15. The number of nitrogens with zero attached hydrogens (tertiary/aromatic N) is 2. The predicted molar refractivity (Wildman–Crippen MR) is 73.3 cm³/mol. The Hall–Kier alpha value is -1.94. The summed E-state index contributed by atoms with van der Waals surface area (Å²) in [6, 6.07) is 8.36. The Morgan fingerprint density at radius 2 is 1.94 bits per heavy atom. The molecule has 2 aromatic rings. The van der Waals surface area contributed by atoms with Crippen LogP contribution in [0.3, 0.4) is 0 Å². The van der Waals surface area contributed by atoms with E-state index in [1.807, 2.05) is 19.9 Å². The molecule has 0 amide bonds. The van der Waals surface area contributed by atoms with Gasteiger partial charge in [-0.25, -0.2) is 15.8 Å². The molecule has 18 heavy (non-hydrogen) atoms. The van der Waals surface area contributed by atoms with E-state index in [2.05, 4.69) is 40.5 Å².